The van der Waals surface area contributed by atoms with Crippen LogP contribution in [0.2, 0.25) is 0 Å². The van der Waals surface area contributed by atoms with Crippen LogP contribution in [-0.2, 0) is 0 Å². The van der Waals surface area contributed by atoms with Gasteiger partial charge in [-0.15, -0.1) is 10.2 Å². The summed E-state index contributed by atoms with van der Waals surface area (Å²) < 4.78 is 0. The highest BCUT2D eigenvalue weighted by atomic mass is 16.3. The third-order valence-electron chi connectivity index (χ3n) is 4.33. The molecule has 0 aromatic heterocycles. The maximum atomic E-state index is 10.3. The number of hydrogen-bond donors (Lipinski definition) is 4. The van der Waals surface area contributed by atoms with Gasteiger partial charge in [-0.25, -0.2) is 0 Å². The van der Waals surface area contributed by atoms with Gasteiger partial charge in [0.25, 0.3) is 0 Å². The van der Waals surface area contributed by atoms with E-state index in [1.807, 2.05) is 30.3 Å². The van der Waals surface area contributed by atoms with Crippen LogP contribution in [0.15, 0.2) is 87.2 Å². The van der Waals surface area contributed by atoms with E-state index in [0.29, 0.717) is 30.2 Å². The quantitative estimate of drug-likeness (QED) is 0.371. The molecule has 3 rings (SSSR count). The lowest BCUT2D eigenvalue weighted by Gasteiger charge is -2.23. The fraction of sp³-hybridized carbons (Fsp3) is 0.182. The van der Waals surface area contributed by atoms with Crippen LogP contribution in [0.25, 0.3) is 0 Å². The Balaban J connectivity index is 1.78. The van der Waals surface area contributed by atoms with Crippen LogP contribution in [0.3, 0.4) is 0 Å². The molecular weight excluding hydrogens is 398 g/mol. The lowest BCUT2D eigenvalue weighted by Crippen LogP contribution is -2.29. The van der Waals surface area contributed by atoms with E-state index in [4.69, 9.17) is 10.2 Å². The predicted octanol–water partition coefficient (Wildman–Crippen LogP) is 4.72. The number of phenols is 2. The number of phenolic OH excluding ortho intramolecular Hbond substituents is 2. The zero-order chi connectivity index (χ0) is 22.1. The maximum absolute atomic E-state index is 10.3. The summed E-state index contributed by atoms with van der Waals surface area (Å²) >= 11 is 0. The number of hydrogen-bond acceptors (Lipinski definition) is 9. The van der Waals surface area contributed by atoms with Crippen molar-refractivity contribution in [2.45, 2.75) is 0 Å². The summed E-state index contributed by atoms with van der Waals surface area (Å²) in [5.41, 5.74) is 2.19. The highest BCUT2D eigenvalue weighted by Gasteiger charge is 2.09. The molecule has 0 aliphatic carbocycles. The Kier molecular flexibility index (Phi) is 7.63. The first-order valence-corrected chi connectivity index (χ1v) is 9.62. The molecule has 3 aromatic carbocycles. The summed E-state index contributed by atoms with van der Waals surface area (Å²) in [5.74, 6) is -0.211. The third-order valence-corrected chi connectivity index (χ3v) is 4.33. The van der Waals surface area contributed by atoms with Gasteiger partial charge < -0.3 is 25.3 Å². The Morgan fingerprint density at radius 3 is 1.97 bits per heavy atom. The molecule has 0 fully saturated rings. The zero-order valence-corrected chi connectivity index (χ0v) is 16.7. The Labute approximate surface area is 179 Å². The van der Waals surface area contributed by atoms with Crippen LogP contribution < -0.4 is 4.90 Å². The van der Waals surface area contributed by atoms with Crippen molar-refractivity contribution in [2.75, 3.05) is 31.2 Å². The van der Waals surface area contributed by atoms with Crippen molar-refractivity contribution in [3.8, 4) is 11.5 Å². The molecule has 0 atom stereocenters. The molecule has 0 amide bonds. The summed E-state index contributed by atoms with van der Waals surface area (Å²) in [5, 5.41) is 54.9. The molecule has 0 aliphatic rings. The van der Waals surface area contributed by atoms with Gasteiger partial charge in [0.1, 0.15) is 22.9 Å². The topological polar surface area (TPSA) is 134 Å². The minimum atomic E-state index is -0.124. The van der Waals surface area contributed by atoms with Crippen LogP contribution in [-0.4, -0.2) is 46.7 Å². The van der Waals surface area contributed by atoms with Gasteiger partial charge in [-0.3, -0.25) is 0 Å². The summed E-state index contributed by atoms with van der Waals surface area (Å²) in [4.78, 5) is 1.73. The standard InChI is InChI=1S/C22H23N5O4/c28-12-10-27(11-13-29)18-7-8-19(22(31)15-18)25-26-20-14-17(6-9-21(20)30)24-23-16-4-2-1-3-5-16/h1-9,14-15,28-31H,10-13H2. The van der Waals surface area contributed by atoms with Gasteiger partial charge in [0, 0.05) is 24.8 Å². The van der Waals surface area contributed by atoms with Crippen LogP contribution in [0.4, 0.5) is 28.4 Å². The fourth-order valence-corrected chi connectivity index (χ4v) is 2.78. The average molecular weight is 421 g/mol. The maximum Gasteiger partial charge on any atom is 0.145 e. The molecule has 0 unspecified atom stereocenters. The van der Waals surface area contributed by atoms with Crippen molar-refractivity contribution < 1.29 is 20.4 Å². The first kappa shape index (κ1) is 21.9. The summed E-state index contributed by atoms with van der Waals surface area (Å²) in [7, 11) is 0. The normalized spacial score (nSPS) is 11.4. The largest absolute Gasteiger partial charge is 0.506 e. The monoisotopic (exact) mass is 421 g/mol. The number of aliphatic hydroxyl groups excluding tert-OH is 2. The Bertz CT molecular complexity index is 1050. The van der Waals surface area contributed by atoms with E-state index in [2.05, 4.69) is 20.5 Å². The number of benzene rings is 3. The van der Waals surface area contributed by atoms with Gasteiger partial charge in [-0.05, 0) is 42.5 Å². The summed E-state index contributed by atoms with van der Waals surface area (Å²) in [6.45, 7) is 0.469. The number of anilines is 1. The third kappa shape index (κ3) is 6.08. The molecule has 9 nitrogen and oxygen atoms in total. The van der Waals surface area contributed by atoms with Crippen LogP contribution in [0.1, 0.15) is 0 Å². The fourth-order valence-electron chi connectivity index (χ4n) is 2.78. The molecule has 0 bridgehead atoms. The molecule has 0 saturated carbocycles. The average Bonchev–Trinajstić information content (AvgIpc) is 2.79. The lowest BCUT2D eigenvalue weighted by atomic mass is 10.2. The van der Waals surface area contributed by atoms with Crippen molar-refractivity contribution in [1.29, 1.82) is 0 Å². The van der Waals surface area contributed by atoms with Crippen LogP contribution in [0.5, 0.6) is 11.5 Å². The van der Waals surface area contributed by atoms with E-state index in [-0.39, 0.29) is 36.1 Å². The number of aromatic hydroxyl groups is 2. The molecule has 0 radical (unpaired) electrons. The van der Waals surface area contributed by atoms with Crippen LogP contribution in [0, 0.1) is 0 Å². The SMILES string of the molecule is OCCN(CCO)c1ccc(N=Nc2cc(N=Nc3ccccc3)ccc2O)c(O)c1. The molecule has 0 heterocycles. The molecule has 9 heteroatoms. The van der Waals surface area contributed by atoms with Gasteiger partial charge >= 0.3 is 0 Å². The van der Waals surface area contributed by atoms with Crippen molar-refractivity contribution in [3.05, 3.63) is 66.7 Å². The number of nitrogens with zero attached hydrogens (tertiary/aromatic N) is 5. The van der Waals surface area contributed by atoms with Crippen LogP contribution >= 0.6 is 0 Å². The van der Waals surface area contributed by atoms with Crippen molar-refractivity contribution in [2.24, 2.45) is 20.5 Å². The van der Waals surface area contributed by atoms with E-state index in [1.165, 1.54) is 18.2 Å². The van der Waals surface area contributed by atoms with Crippen molar-refractivity contribution in [1.82, 2.24) is 0 Å². The van der Waals surface area contributed by atoms with Gasteiger partial charge in [0.05, 0.1) is 24.6 Å². The number of azo groups is 2. The molecule has 160 valence electrons. The molecule has 3 aromatic rings. The second-order valence-corrected chi connectivity index (χ2v) is 6.52. The Morgan fingerprint density at radius 2 is 1.29 bits per heavy atom. The van der Waals surface area contributed by atoms with Gasteiger partial charge in [-0.1, -0.05) is 18.2 Å². The zero-order valence-electron chi connectivity index (χ0n) is 16.7. The molecule has 0 spiro atoms. The Morgan fingerprint density at radius 1 is 0.613 bits per heavy atom. The second-order valence-electron chi connectivity index (χ2n) is 6.52. The first-order valence-electron chi connectivity index (χ1n) is 9.62. The van der Waals surface area contributed by atoms with E-state index >= 15 is 0 Å². The molecule has 0 aliphatic heterocycles. The molecule has 0 saturated heterocycles. The van der Waals surface area contributed by atoms with Gasteiger partial charge in [0.2, 0.25) is 0 Å². The van der Waals surface area contributed by atoms with Crippen molar-refractivity contribution >= 4 is 28.4 Å². The van der Waals surface area contributed by atoms with E-state index < -0.39 is 0 Å². The molecule has 31 heavy (non-hydrogen) atoms. The minimum Gasteiger partial charge on any atom is -0.506 e. The van der Waals surface area contributed by atoms with Gasteiger partial charge in [0.15, 0.2) is 0 Å². The van der Waals surface area contributed by atoms with E-state index in [9.17, 15) is 10.2 Å². The highest BCUT2D eigenvalue weighted by Crippen LogP contribution is 2.36. The van der Waals surface area contributed by atoms with E-state index in [0.717, 1.165) is 0 Å². The Hall–Kier alpha value is -3.82. The number of aliphatic hydroxyl groups is 2. The van der Waals surface area contributed by atoms with Crippen molar-refractivity contribution in [3.63, 3.8) is 0 Å². The molecule has 4 N–H and O–H groups in total. The smallest absolute Gasteiger partial charge is 0.145 e. The van der Waals surface area contributed by atoms with Gasteiger partial charge in [-0.2, -0.15) is 10.2 Å². The lowest BCUT2D eigenvalue weighted by molar-refractivity contribution is 0.281. The highest BCUT2D eigenvalue weighted by molar-refractivity contribution is 5.62. The first-order chi connectivity index (χ1) is 15.1. The minimum absolute atomic E-state index is 0.0839. The summed E-state index contributed by atoms with van der Waals surface area (Å²) in [6.07, 6.45) is 0. The number of rotatable bonds is 9. The second kappa shape index (κ2) is 10.8. The predicted molar refractivity (Wildman–Crippen MR) is 117 cm³/mol. The molecular formula is C22H23N5O4. The van der Waals surface area contributed by atoms with E-state index in [1.54, 1.807) is 23.1 Å². The summed E-state index contributed by atoms with van der Waals surface area (Å²) in [6, 6.07) is 18.5.